The lowest BCUT2D eigenvalue weighted by Gasteiger charge is -2.21. The maximum absolute atomic E-state index is 5.43. The average molecular weight is 323 g/mol. The SMILES string of the molecule is S=C(NCc1ccco1)NC1CCCCCCCCCCC1. The molecule has 1 heterocycles. The van der Waals surface area contributed by atoms with Crippen molar-refractivity contribution in [3.63, 3.8) is 0 Å². The lowest BCUT2D eigenvalue weighted by Crippen LogP contribution is -2.41. The highest BCUT2D eigenvalue weighted by Crippen LogP contribution is 2.17. The van der Waals surface area contributed by atoms with E-state index in [0.29, 0.717) is 12.6 Å². The first-order valence-corrected chi connectivity index (χ1v) is 9.32. The highest BCUT2D eigenvalue weighted by Gasteiger charge is 2.11. The van der Waals surface area contributed by atoms with E-state index in [1.165, 1.54) is 70.6 Å². The number of thiocarbonyl (C=S) groups is 1. The number of furan rings is 1. The van der Waals surface area contributed by atoms with E-state index in [9.17, 15) is 0 Å². The molecular formula is C18H30N2OS. The molecule has 2 rings (SSSR count). The third-order valence-electron chi connectivity index (χ3n) is 4.44. The van der Waals surface area contributed by atoms with Crippen LogP contribution >= 0.6 is 12.2 Å². The Kier molecular flexibility index (Phi) is 8.39. The first-order chi connectivity index (χ1) is 10.8. The van der Waals surface area contributed by atoms with Crippen LogP contribution < -0.4 is 10.6 Å². The van der Waals surface area contributed by atoms with Gasteiger partial charge in [0.1, 0.15) is 5.76 Å². The van der Waals surface area contributed by atoms with Crippen LogP contribution in [0.15, 0.2) is 22.8 Å². The third-order valence-corrected chi connectivity index (χ3v) is 4.71. The van der Waals surface area contributed by atoms with Crippen molar-refractivity contribution in [3.05, 3.63) is 24.2 Å². The highest BCUT2D eigenvalue weighted by molar-refractivity contribution is 7.80. The van der Waals surface area contributed by atoms with Gasteiger partial charge < -0.3 is 15.1 Å². The van der Waals surface area contributed by atoms with Gasteiger partial charge in [0.05, 0.1) is 12.8 Å². The Bertz CT molecular complexity index is 393. The van der Waals surface area contributed by atoms with Gasteiger partial charge in [-0.25, -0.2) is 0 Å². The molecule has 1 saturated carbocycles. The number of rotatable bonds is 3. The zero-order valence-corrected chi connectivity index (χ0v) is 14.4. The molecule has 1 aromatic heterocycles. The summed E-state index contributed by atoms with van der Waals surface area (Å²) in [7, 11) is 0. The first-order valence-electron chi connectivity index (χ1n) is 8.91. The van der Waals surface area contributed by atoms with E-state index in [1.54, 1.807) is 6.26 Å². The normalized spacial score (nSPS) is 18.9. The molecule has 0 aliphatic heterocycles. The zero-order chi connectivity index (χ0) is 15.5. The lowest BCUT2D eigenvalue weighted by atomic mass is 9.98. The van der Waals surface area contributed by atoms with Crippen molar-refractivity contribution >= 4 is 17.3 Å². The van der Waals surface area contributed by atoms with Crippen molar-refractivity contribution in [3.8, 4) is 0 Å². The third kappa shape index (κ3) is 7.30. The molecule has 0 amide bonds. The second-order valence-electron chi connectivity index (χ2n) is 6.36. The van der Waals surface area contributed by atoms with E-state index in [2.05, 4.69) is 10.6 Å². The molecule has 124 valence electrons. The van der Waals surface area contributed by atoms with E-state index in [-0.39, 0.29) is 0 Å². The monoisotopic (exact) mass is 322 g/mol. The summed E-state index contributed by atoms with van der Waals surface area (Å²) in [6, 6.07) is 4.39. The van der Waals surface area contributed by atoms with Gasteiger partial charge in [-0.05, 0) is 37.2 Å². The van der Waals surface area contributed by atoms with E-state index in [1.807, 2.05) is 12.1 Å². The number of hydrogen-bond acceptors (Lipinski definition) is 2. The topological polar surface area (TPSA) is 37.2 Å². The van der Waals surface area contributed by atoms with Crippen LogP contribution in [0.5, 0.6) is 0 Å². The van der Waals surface area contributed by atoms with Gasteiger partial charge in [0.15, 0.2) is 5.11 Å². The molecule has 0 bridgehead atoms. The molecule has 0 unspecified atom stereocenters. The molecule has 0 atom stereocenters. The van der Waals surface area contributed by atoms with Gasteiger partial charge in [0.25, 0.3) is 0 Å². The molecular weight excluding hydrogens is 292 g/mol. The molecule has 3 nitrogen and oxygen atoms in total. The smallest absolute Gasteiger partial charge is 0.166 e. The minimum absolute atomic E-state index is 0.524. The molecule has 1 fully saturated rings. The Morgan fingerprint density at radius 3 is 2.14 bits per heavy atom. The van der Waals surface area contributed by atoms with E-state index >= 15 is 0 Å². The summed E-state index contributed by atoms with van der Waals surface area (Å²) in [5.74, 6) is 0.919. The summed E-state index contributed by atoms with van der Waals surface area (Å²) < 4.78 is 5.32. The molecule has 2 N–H and O–H groups in total. The maximum atomic E-state index is 5.43. The quantitative estimate of drug-likeness (QED) is 0.775. The van der Waals surface area contributed by atoms with Gasteiger partial charge in [-0.15, -0.1) is 0 Å². The van der Waals surface area contributed by atoms with Crippen LogP contribution in [0.1, 0.15) is 76.4 Å². The van der Waals surface area contributed by atoms with Crippen molar-refractivity contribution in [2.45, 2.75) is 83.2 Å². The second kappa shape index (κ2) is 10.7. The molecule has 0 saturated heterocycles. The summed E-state index contributed by atoms with van der Waals surface area (Å²) in [5.41, 5.74) is 0. The molecule has 22 heavy (non-hydrogen) atoms. The minimum Gasteiger partial charge on any atom is -0.467 e. The summed E-state index contributed by atoms with van der Waals surface area (Å²) in [4.78, 5) is 0. The number of hydrogen-bond donors (Lipinski definition) is 2. The van der Waals surface area contributed by atoms with Gasteiger partial charge >= 0.3 is 0 Å². The minimum atomic E-state index is 0.524. The Labute approximate surface area is 140 Å². The van der Waals surface area contributed by atoms with Gasteiger partial charge in [-0.2, -0.15) is 0 Å². The van der Waals surface area contributed by atoms with Crippen LogP contribution in [0.25, 0.3) is 0 Å². The van der Waals surface area contributed by atoms with Crippen LogP contribution in [0.3, 0.4) is 0 Å². The van der Waals surface area contributed by atoms with Crippen LogP contribution in [-0.2, 0) is 6.54 Å². The fraction of sp³-hybridized carbons (Fsp3) is 0.722. The van der Waals surface area contributed by atoms with E-state index < -0.39 is 0 Å². The van der Waals surface area contributed by atoms with Crippen molar-refractivity contribution in [2.24, 2.45) is 0 Å². The van der Waals surface area contributed by atoms with Crippen LogP contribution in [0, 0.1) is 0 Å². The van der Waals surface area contributed by atoms with Crippen molar-refractivity contribution in [1.29, 1.82) is 0 Å². The fourth-order valence-electron chi connectivity index (χ4n) is 3.12. The Hall–Kier alpha value is -1.03. The Morgan fingerprint density at radius 2 is 1.59 bits per heavy atom. The zero-order valence-electron chi connectivity index (χ0n) is 13.6. The number of nitrogens with one attached hydrogen (secondary N) is 2. The standard InChI is InChI=1S/C18H30N2OS/c22-18(19-15-17-13-10-14-21-17)20-16-11-8-6-4-2-1-3-5-7-9-12-16/h10,13-14,16H,1-9,11-12,15H2,(H2,19,20,22). The van der Waals surface area contributed by atoms with Gasteiger partial charge in [0.2, 0.25) is 0 Å². The molecule has 1 aromatic rings. The van der Waals surface area contributed by atoms with Crippen molar-refractivity contribution in [1.82, 2.24) is 10.6 Å². The van der Waals surface area contributed by atoms with Crippen LogP contribution in [0.2, 0.25) is 0 Å². The lowest BCUT2D eigenvalue weighted by molar-refractivity contribution is 0.439. The van der Waals surface area contributed by atoms with Gasteiger partial charge in [0, 0.05) is 6.04 Å². The summed E-state index contributed by atoms with van der Waals surface area (Å²) in [5, 5.41) is 7.52. The van der Waals surface area contributed by atoms with E-state index in [0.717, 1.165) is 10.9 Å². The maximum Gasteiger partial charge on any atom is 0.166 e. The first kappa shape index (κ1) is 17.3. The second-order valence-corrected chi connectivity index (χ2v) is 6.77. The highest BCUT2D eigenvalue weighted by atomic mass is 32.1. The van der Waals surface area contributed by atoms with Gasteiger partial charge in [-0.1, -0.05) is 57.8 Å². The summed E-state index contributed by atoms with van der Waals surface area (Å²) in [6.45, 7) is 0.658. The molecule has 0 spiro atoms. The molecule has 0 radical (unpaired) electrons. The predicted octanol–water partition coefficient (Wildman–Crippen LogP) is 4.92. The van der Waals surface area contributed by atoms with Crippen molar-refractivity contribution in [2.75, 3.05) is 0 Å². The molecule has 0 aromatic carbocycles. The fourth-order valence-corrected chi connectivity index (χ4v) is 3.36. The summed E-state index contributed by atoms with van der Waals surface area (Å²) >= 11 is 5.43. The Morgan fingerprint density at radius 1 is 1.00 bits per heavy atom. The molecule has 4 heteroatoms. The van der Waals surface area contributed by atoms with Crippen LogP contribution in [0.4, 0.5) is 0 Å². The predicted molar refractivity (Wildman–Crippen MR) is 95.9 cm³/mol. The van der Waals surface area contributed by atoms with Crippen molar-refractivity contribution < 1.29 is 4.42 Å². The molecule has 1 aliphatic carbocycles. The average Bonchev–Trinajstić information content (AvgIpc) is 3.01. The largest absolute Gasteiger partial charge is 0.467 e. The Balaban J connectivity index is 1.70. The van der Waals surface area contributed by atoms with Gasteiger partial charge in [-0.3, -0.25) is 0 Å². The molecule has 1 aliphatic rings. The summed E-state index contributed by atoms with van der Waals surface area (Å²) in [6.07, 6.45) is 16.6. The van der Waals surface area contributed by atoms with Crippen LogP contribution in [-0.4, -0.2) is 11.2 Å². The van der Waals surface area contributed by atoms with E-state index in [4.69, 9.17) is 16.6 Å².